The zero-order chi connectivity index (χ0) is 13.4. The molecule has 0 heterocycles. The van der Waals surface area contributed by atoms with Crippen LogP contribution < -0.4 is 11.3 Å². The molecule has 18 heavy (non-hydrogen) atoms. The van der Waals surface area contributed by atoms with Gasteiger partial charge in [-0.05, 0) is 24.1 Å². The number of hydrazine groups is 1. The number of hydrogen-bond donors (Lipinski definition) is 2. The minimum absolute atomic E-state index is 0.0283. The average Bonchev–Trinajstić information content (AvgIpc) is 2.35. The third kappa shape index (κ3) is 5.65. The maximum atomic E-state index is 6.15. The van der Waals surface area contributed by atoms with Gasteiger partial charge in [-0.25, -0.2) is 0 Å². The summed E-state index contributed by atoms with van der Waals surface area (Å²) in [6, 6.07) is 5.84. The van der Waals surface area contributed by atoms with Gasteiger partial charge in [-0.2, -0.15) is 0 Å². The Morgan fingerprint density at radius 2 is 2.22 bits per heavy atom. The zero-order valence-corrected chi connectivity index (χ0v) is 12.6. The highest BCUT2D eigenvalue weighted by Gasteiger charge is 2.10. The molecule has 0 amide bonds. The number of halogens is 2. The number of ether oxygens (including phenoxy) is 2. The van der Waals surface area contributed by atoms with Crippen molar-refractivity contribution in [3.63, 3.8) is 0 Å². The van der Waals surface area contributed by atoms with E-state index in [4.69, 9.17) is 26.9 Å². The molecule has 0 aliphatic rings. The molecule has 0 spiro atoms. The summed E-state index contributed by atoms with van der Waals surface area (Å²) < 4.78 is 11.3. The second-order valence-electron chi connectivity index (χ2n) is 3.87. The third-order valence-electron chi connectivity index (χ3n) is 2.47. The average molecular weight is 338 g/mol. The van der Waals surface area contributed by atoms with Crippen LogP contribution in [0.5, 0.6) is 0 Å². The first kappa shape index (κ1) is 15.9. The number of nitrogens with one attached hydrogen (secondary N) is 1. The fourth-order valence-electron chi connectivity index (χ4n) is 1.49. The predicted octanol–water partition coefficient (Wildman–Crippen LogP) is 2.14. The van der Waals surface area contributed by atoms with Crippen molar-refractivity contribution in [2.45, 2.75) is 12.5 Å². The zero-order valence-electron chi connectivity index (χ0n) is 10.3. The molecular weight excluding hydrogens is 320 g/mol. The van der Waals surface area contributed by atoms with Gasteiger partial charge in [0.1, 0.15) is 0 Å². The lowest BCUT2D eigenvalue weighted by Crippen LogP contribution is -2.40. The Labute approximate surface area is 121 Å². The minimum atomic E-state index is 0.0283. The molecule has 0 aliphatic carbocycles. The van der Waals surface area contributed by atoms with Gasteiger partial charge in [0, 0.05) is 22.6 Å². The van der Waals surface area contributed by atoms with Crippen molar-refractivity contribution in [1.29, 1.82) is 0 Å². The van der Waals surface area contributed by atoms with Gasteiger partial charge in [-0.1, -0.05) is 33.6 Å². The van der Waals surface area contributed by atoms with Crippen LogP contribution >= 0.6 is 27.5 Å². The highest BCUT2D eigenvalue weighted by molar-refractivity contribution is 9.10. The summed E-state index contributed by atoms with van der Waals surface area (Å²) >= 11 is 9.53. The van der Waals surface area contributed by atoms with Crippen molar-refractivity contribution in [2.75, 3.05) is 26.9 Å². The van der Waals surface area contributed by atoms with Crippen molar-refractivity contribution < 1.29 is 9.47 Å². The van der Waals surface area contributed by atoms with Gasteiger partial charge in [0.15, 0.2) is 0 Å². The molecule has 3 N–H and O–H groups in total. The summed E-state index contributed by atoms with van der Waals surface area (Å²) in [6.07, 6.45) is 0.718. The largest absolute Gasteiger partial charge is 0.382 e. The first-order valence-electron chi connectivity index (χ1n) is 5.64. The van der Waals surface area contributed by atoms with E-state index in [2.05, 4.69) is 21.4 Å². The van der Waals surface area contributed by atoms with Crippen LogP contribution in [0.15, 0.2) is 22.7 Å². The summed E-state index contributed by atoms with van der Waals surface area (Å²) in [7, 11) is 1.64. The highest BCUT2D eigenvalue weighted by Crippen LogP contribution is 2.22. The molecular formula is C12H18BrClN2O2. The van der Waals surface area contributed by atoms with Crippen LogP contribution in [-0.2, 0) is 15.9 Å². The maximum absolute atomic E-state index is 6.15. The van der Waals surface area contributed by atoms with Crippen molar-refractivity contribution in [3.05, 3.63) is 33.3 Å². The second kappa shape index (κ2) is 8.85. The van der Waals surface area contributed by atoms with Gasteiger partial charge in [0.25, 0.3) is 0 Å². The van der Waals surface area contributed by atoms with E-state index in [1.54, 1.807) is 7.11 Å². The van der Waals surface area contributed by atoms with Crippen molar-refractivity contribution in [1.82, 2.24) is 5.43 Å². The molecule has 102 valence electrons. The van der Waals surface area contributed by atoms with Gasteiger partial charge >= 0.3 is 0 Å². The van der Waals surface area contributed by atoms with Crippen LogP contribution in [0, 0.1) is 0 Å². The topological polar surface area (TPSA) is 56.5 Å². The minimum Gasteiger partial charge on any atom is -0.382 e. The van der Waals surface area contributed by atoms with Gasteiger partial charge < -0.3 is 9.47 Å². The molecule has 0 aromatic heterocycles. The van der Waals surface area contributed by atoms with Crippen molar-refractivity contribution in [2.24, 2.45) is 5.84 Å². The fraction of sp³-hybridized carbons (Fsp3) is 0.500. The van der Waals surface area contributed by atoms with E-state index in [1.165, 1.54) is 0 Å². The monoisotopic (exact) mass is 336 g/mol. The molecule has 1 atom stereocenters. The van der Waals surface area contributed by atoms with Gasteiger partial charge in [0.2, 0.25) is 0 Å². The predicted molar refractivity (Wildman–Crippen MR) is 76.7 cm³/mol. The lowest BCUT2D eigenvalue weighted by Gasteiger charge is -2.17. The Balaban J connectivity index is 2.46. The summed E-state index contributed by atoms with van der Waals surface area (Å²) in [5.41, 5.74) is 3.77. The van der Waals surface area contributed by atoms with E-state index in [9.17, 15) is 0 Å². The number of rotatable bonds is 8. The molecule has 0 radical (unpaired) electrons. The molecule has 1 aromatic rings. The van der Waals surface area contributed by atoms with Crippen LogP contribution in [0.2, 0.25) is 5.02 Å². The molecule has 1 rings (SSSR count). The molecule has 0 saturated heterocycles. The smallest absolute Gasteiger partial charge is 0.0701 e. The van der Waals surface area contributed by atoms with Crippen LogP contribution in [0.4, 0.5) is 0 Å². The van der Waals surface area contributed by atoms with E-state index in [0.29, 0.717) is 19.8 Å². The Morgan fingerprint density at radius 1 is 1.44 bits per heavy atom. The van der Waals surface area contributed by atoms with E-state index >= 15 is 0 Å². The third-order valence-corrected chi connectivity index (χ3v) is 3.31. The van der Waals surface area contributed by atoms with Gasteiger partial charge in [0.05, 0.1) is 19.8 Å². The Morgan fingerprint density at radius 3 is 2.83 bits per heavy atom. The van der Waals surface area contributed by atoms with Crippen molar-refractivity contribution >= 4 is 27.5 Å². The van der Waals surface area contributed by atoms with E-state index in [-0.39, 0.29) is 6.04 Å². The lowest BCUT2D eigenvalue weighted by atomic mass is 10.1. The summed E-state index contributed by atoms with van der Waals surface area (Å²) in [5, 5.41) is 0.724. The summed E-state index contributed by atoms with van der Waals surface area (Å²) in [6.45, 7) is 1.66. The van der Waals surface area contributed by atoms with Crippen molar-refractivity contribution in [3.8, 4) is 0 Å². The molecule has 1 unspecified atom stereocenters. The summed E-state index contributed by atoms with van der Waals surface area (Å²) in [5.74, 6) is 5.50. The molecule has 6 heteroatoms. The first-order valence-corrected chi connectivity index (χ1v) is 6.81. The standard InChI is InChI=1S/C12H18BrClN2O2/c1-17-4-5-18-8-11(16-15)6-9-2-3-10(13)7-12(9)14/h2-3,7,11,16H,4-6,8,15H2,1H3. The second-order valence-corrected chi connectivity index (χ2v) is 5.19. The van der Waals surface area contributed by atoms with Crippen LogP contribution in [-0.4, -0.2) is 33.0 Å². The molecule has 4 nitrogen and oxygen atoms in total. The van der Waals surface area contributed by atoms with E-state index in [0.717, 1.165) is 21.5 Å². The van der Waals surface area contributed by atoms with Crippen LogP contribution in [0.3, 0.4) is 0 Å². The number of hydrogen-bond acceptors (Lipinski definition) is 4. The van der Waals surface area contributed by atoms with Gasteiger partial charge in [-0.15, -0.1) is 0 Å². The quantitative estimate of drug-likeness (QED) is 0.433. The van der Waals surface area contributed by atoms with Gasteiger partial charge in [-0.3, -0.25) is 11.3 Å². The molecule has 1 aromatic carbocycles. The molecule has 0 bridgehead atoms. The van der Waals surface area contributed by atoms with E-state index in [1.807, 2.05) is 18.2 Å². The SMILES string of the molecule is COCCOCC(Cc1ccc(Br)cc1Cl)NN. The Hall–Kier alpha value is -0.170. The van der Waals surface area contributed by atoms with Crippen LogP contribution in [0.25, 0.3) is 0 Å². The first-order chi connectivity index (χ1) is 8.67. The Kier molecular flexibility index (Phi) is 7.81. The van der Waals surface area contributed by atoms with Crippen LogP contribution in [0.1, 0.15) is 5.56 Å². The summed E-state index contributed by atoms with van der Waals surface area (Å²) in [4.78, 5) is 0. The maximum Gasteiger partial charge on any atom is 0.0701 e. The molecule has 0 saturated carbocycles. The number of nitrogens with two attached hydrogens (primary N) is 1. The molecule has 0 aliphatic heterocycles. The highest BCUT2D eigenvalue weighted by atomic mass is 79.9. The van der Waals surface area contributed by atoms with E-state index < -0.39 is 0 Å². The Bertz CT molecular complexity index is 366. The molecule has 0 fully saturated rings. The fourth-order valence-corrected chi connectivity index (χ4v) is 2.24. The lowest BCUT2D eigenvalue weighted by molar-refractivity contribution is 0.0587. The number of methoxy groups -OCH3 is 1. The number of benzene rings is 1. The normalized spacial score (nSPS) is 12.7.